The van der Waals surface area contributed by atoms with Crippen LogP contribution in [0.15, 0.2) is 0 Å². The van der Waals surface area contributed by atoms with Crippen LogP contribution in [0, 0.1) is 10.8 Å². The van der Waals surface area contributed by atoms with Gasteiger partial charge in [-0.25, -0.2) is 0 Å². The van der Waals surface area contributed by atoms with Crippen molar-refractivity contribution in [3.05, 3.63) is 0 Å². The molecule has 0 radical (unpaired) electrons. The predicted molar refractivity (Wildman–Crippen MR) is 58.9 cm³/mol. The van der Waals surface area contributed by atoms with Gasteiger partial charge in [0.2, 0.25) is 0 Å². The Labute approximate surface area is 83.3 Å². The molecule has 1 heteroatoms. The molecule has 1 aliphatic heterocycles. The quantitative estimate of drug-likeness (QED) is 0.608. The van der Waals surface area contributed by atoms with Crippen molar-refractivity contribution in [1.29, 1.82) is 0 Å². The van der Waals surface area contributed by atoms with Crippen molar-refractivity contribution in [1.82, 2.24) is 5.32 Å². The molecule has 0 aliphatic carbocycles. The van der Waals surface area contributed by atoms with Crippen LogP contribution in [-0.4, -0.2) is 12.1 Å². The van der Waals surface area contributed by atoms with E-state index in [4.69, 9.17) is 0 Å². The number of hydrogen-bond acceptors (Lipinski definition) is 1. The third-order valence-electron chi connectivity index (χ3n) is 3.24. The molecule has 1 rings (SSSR count). The van der Waals surface area contributed by atoms with Gasteiger partial charge in [0.15, 0.2) is 0 Å². The molecule has 0 aromatic carbocycles. The van der Waals surface area contributed by atoms with E-state index in [0.29, 0.717) is 22.9 Å². The highest BCUT2D eigenvalue weighted by Gasteiger charge is 2.37. The SMILES string of the molecule is CC(C)(C)C1CC[C@@H](C(C)(C)C)N1. The maximum Gasteiger partial charge on any atom is 0.0119 e. The predicted octanol–water partition coefficient (Wildman–Crippen LogP) is 3.20. The lowest BCUT2D eigenvalue weighted by atomic mass is 9.85. The highest BCUT2D eigenvalue weighted by atomic mass is 15.0. The molecule has 1 N–H and O–H groups in total. The monoisotopic (exact) mass is 183 g/mol. The second kappa shape index (κ2) is 3.27. The zero-order valence-electron chi connectivity index (χ0n) is 10.1. The summed E-state index contributed by atoms with van der Waals surface area (Å²) in [7, 11) is 0. The maximum absolute atomic E-state index is 3.77. The van der Waals surface area contributed by atoms with Crippen LogP contribution in [0.25, 0.3) is 0 Å². The molecule has 1 saturated heterocycles. The molecular weight excluding hydrogens is 158 g/mol. The van der Waals surface area contributed by atoms with Crippen molar-refractivity contribution in [3.8, 4) is 0 Å². The summed E-state index contributed by atoms with van der Waals surface area (Å²) in [5.41, 5.74) is 0.833. The highest BCUT2D eigenvalue weighted by molar-refractivity contribution is 4.95. The van der Waals surface area contributed by atoms with Crippen LogP contribution < -0.4 is 5.32 Å². The first-order chi connectivity index (χ1) is 5.71. The standard InChI is InChI=1S/C12H25N/c1-11(2,3)9-7-8-10(13-9)12(4,5)6/h9-10,13H,7-8H2,1-6H3/t9-,10?/m0/s1. The fourth-order valence-electron chi connectivity index (χ4n) is 2.11. The van der Waals surface area contributed by atoms with E-state index in [-0.39, 0.29) is 0 Å². The molecule has 0 aromatic rings. The minimum Gasteiger partial charge on any atom is -0.310 e. The van der Waals surface area contributed by atoms with E-state index < -0.39 is 0 Å². The number of nitrogens with one attached hydrogen (secondary N) is 1. The van der Waals surface area contributed by atoms with Crippen molar-refractivity contribution >= 4 is 0 Å². The second-order valence-electron chi connectivity index (χ2n) is 6.58. The first-order valence-electron chi connectivity index (χ1n) is 5.47. The molecule has 0 saturated carbocycles. The normalized spacial score (nSPS) is 30.9. The first kappa shape index (κ1) is 11.0. The largest absolute Gasteiger partial charge is 0.310 e. The van der Waals surface area contributed by atoms with Crippen LogP contribution >= 0.6 is 0 Å². The topological polar surface area (TPSA) is 12.0 Å². The molecule has 1 unspecified atom stereocenters. The average Bonchev–Trinajstić information content (AvgIpc) is 2.28. The van der Waals surface area contributed by atoms with Crippen LogP contribution in [0.4, 0.5) is 0 Å². The Kier molecular flexibility index (Phi) is 2.78. The van der Waals surface area contributed by atoms with Gasteiger partial charge >= 0.3 is 0 Å². The maximum atomic E-state index is 3.77. The van der Waals surface area contributed by atoms with Gasteiger partial charge in [-0.05, 0) is 23.7 Å². The molecule has 13 heavy (non-hydrogen) atoms. The molecule has 1 fully saturated rings. The van der Waals surface area contributed by atoms with Gasteiger partial charge in [0.1, 0.15) is 0 Å². The second-order valence-corrected chi connectivity index (χ2v) is 6.58. The lowest BCUT2D eigenvalue weighted by molar-refractivity contribution is 0.241. The molecule has 0 aromatic heterocycles. The Morgan fingerprint density at radius 2 is 1.08 bits per heavy atom. The van der Waals surface area contributed by atoms with Crippen molar-refractivity contribution in [2.45, 2.75) is 66.5 Å². The summed E-state index contributed by atoms with van der Waals surface area (Å²) < 4.78 is 0. The van der Waals surface area contributed by atoms with E-state index in [9.17, 15) is 0 Å². The van der Waals surface area contributed by atoms with Crippen LogP contribution in [0.2, 0.25) is 0 Å². The highest BCUT2D eigenvalue weighted by Crippen LogP contribution is 2.34. The lowest BCUT2D eigenvalue weighted by Gasteiger charge is -2.32. The molecule has 0 spiro atoms. The molecule has 78 valence electrons. The van der Waals surface area contributed by atoms with Crippen molar-refractivity contribution < 1.29 is 0 Å². The van der Waals surface area contributed by atoms with E-state index in [2.05, 4.69) is 46.9 Å². The Morgan fingerprint density at radius 3 is 1.23 bits per heavy atom. The summed E-state index contributed by atoms with van der Waals surface area (Å²) in [6.07, 6.45) is 2.68. The van der Waals surface area contributed by atoms with Gasteiger partial charge < -0.3 is 5.32 Å². The molecule has 2 atom stereocenters. The fraction of sp³-hybridized carbons (Fsp3) is 1.00. The van der Waals surface area contributed by atoms with E-state index >= 15 is 0 Å². The van der Waals surface area contributed by atoms with Gasteiger partial charge in [-0.2, -0.15) is 0 Å². The lowest BCUT2D eigenvalue weighted by Crippen LogP contribution is -2.43. The molecule has 1 aliphatic rings. The van der Waals surface area contributed by atoms with Gasteiger partial charge in [-0.3, -0.25) is 0 Å². The van der Waals surface area contributed by atoms with Gasteiger partial charge in [0, 0.05) is 12.1 Å². The minimum absolute atomic E-state index is 0.417. The Bertz CT molecular complexity index is 151. The Morgan fingerprint density at radius 1 is 0.769 bits per heavy atom. The summed E-state index contributed by atoms with van der Waals surface area (Å²) in [5, 5.41) is 3.77. The summed E-state index contributed by atoms with van der Waals surface area (Å²) >= 11 is 0. The molecule has 1 heterocycles. The average molecular weight is 183 g/mol. The summed E-state index contributed by atoms with van der Waals surface area (Å²) in [5.74, 6) is 0. The zero-order valence-corrected chi connectivity index (χ0v) is 10.1. The third kappa shape index (κ3) is 2.70. The van der Waals surface area contributed by atoms with Gasteiger partial charge in [-0.15, -0.1) is 0 Å². The van der Waals surface area contributed by atoms with Crippen molar-refractivity contribution in [2.24, 2.45) is 10.8 Å². The molecule has 1 nitrogen and oxygen atoms in total. The number of hydrogen-bond donors (Lipinski definition) is 1. The summed E-state index contributed by atoms with van der Waals surface area (Å²) in [6, 6.07) is 1.41. The molecule has 0 bridgehead atoms. The summed E-state index contributed by atoms with van der Waals surface area (Å²) in [6.45, 7) is 14.0. The van der Waals surface area contributed by atoms with Crippen LogP contribution in [0.5, 0.6) is 0 Å². The third-order valence-corrected chi connectivity index (χ3v) is 3.24. The van der Waals surface area contributed by atoms with Crippen LogP contribution in [0.1, 0.15) is 54.4 Å². The van der Waals surface area contributed by atoms with Crippen molar-refractivity contribution in [2.75, 3.05) is 0 Å². The van der Waals surface area contributed by atoms with E-state index in [0.717, 1.165) is 0 Å². The van der Waals surface area contributed by atoms with E-state index in [1.807, 2.05) is 0 Å². The van der Waals surface area contributed by atoms with E-state index in [1.165, 1.54) is 12.8 Å². The Hall–Kier alpha value is -0.0400. The fourth-order valence-corrected chi connectivity index (χ4v) is 2.11. The molecule has 0 amide bonds. The van der Waals surface area contributed by atoms with Gasteiger partial charge in [0.25, 0.3) is 0 Å². The first-order valence-corrected chi connectivity index (χ1v) is 5.47. The number of rotatable bonds is 0. The Balaban J connectivity index is 2.55. The van der Waals surface area contributed by atoms with Crippen molar-refractivity contribution in [3.63, 3.8) is 0 Å². The van der Waals surface area contributed by atoms with Crippen LogP contribution in [-0.2, 0) is 0 Å². The summed E-state index contributed by atoms with van der Waals surface area (Å²) in [4.78, 5) is 0. The van der Waals surface area contributed by atoms with Crippen LogP contribution in [0.3, 0.4) is 0 Å². The smallest absolute Gasteiger partial charge is 0.0119 e. The van der Waals surface area contributed by atoms with Gasteiger partial charge in [0.05, 0.1) is 0 Å². The van der Waals surface area contributed by atoms with Gasteiger partial charge in [-0.1, -0.05) is 41.5 Å². The molecular formula is C12H25N. The zero-order chi connectivity index (χ0) is 10.3. The van der Waals surface area contributed by atoms with E-state index in [1.54, 1.807) is 0 Å². The minimum atomic E-state index is 0.417.